The number of halogens is 1. The fraction of sp³-hybridized carbons (Fsp3) is 0.333. The van der Waals surface area contributed by atoms with Gasteiger partial charge >= 0.3 is 5.97 Å². The summed E-state index contributed by atoms with van der Waals surface area (Å²) in [6.07, 6.45) is 0.134. The number of carbonyl (C=O) groups is 2. The van der Waals surface area contributed by atoms with Crippen molar-refractivity contribution >= 4 is 30.0 Å². The van der Waals surface area contributed by atoms with Gasteiger partial charge in [-0.05, 0) is 19.1 Å². The van der Waals surface area contributed by atoms with Crippen LogP contribution < -0.4 is 11.1 Å². The summed E-state index contributed by atoms with van der Waals surface area (Å²) in [5, 5.41) is 2.68. The lowest BCUT2D eigenvalue weighted by Crippen LogP contribution is -2.34. The summed E-state index contributed by atoms with van der Waals surface area (Å²) in [4.78, 5) is 22.8. The number of amides is 1. The minimum Gasteiger partial charge on any atom is -0.469 e. The third-order valence-electron chi connectivity index (χ3n) is 2.28. The van der Waals surface area contributed by atoms with Crippen LogP contribution in [0.3, 0.4) is 0 Å². The van der Waals surface area contributed by atoms with Gasteiger partial charge in [-0.15, -0.1) is 12.4 Å². The molecule has 5 nitrogen and oxygen atoms in total. The topological polar surface area (TPSA) is 81.4 Å². The van der Waals surface area contributed by atoms with Crippen molar-refractivity contribution in [3.63, 3.8) is 0 Å². The number of para-hydroxylation sites is 1. The maximum Gasteiger partial charge on any atom is 0.307 e. The molecule has 0 saturated carbocycles. The molecule has 0 aliphatic carbocycles. The zero-order valence-corrected chi connectivity index (χ0v) is 11.1. The van der Waals surface area contributed by atoms with Gasteiger partial charge in [0.15, 0.2) is 0 Å². The molecule has 0 bridgehead atoms. The van der Waals surface area contributed by atoms with E-state index in [1.54, 1.807) is 31.2 Å². The number of hydrogen-bond donors (Lipinski definition) is 2. The van der Waals surface area contributed by atoms with Gasteiger partial charge in [0.05, 0.1) is 19.1 Å². The Kier molecular flexibility index (Phi) is 6.82. The first-order valence-electron chi connectivity index (χ1n) is 5.26. The number of ether oxygens (including phenoxy) is 1. The minimum absolute atomic E-state index is 0. The smallest absolute Gasteiger partial charge is 0.307 e. The molecule has 18 heavy (non-hydrogen) atoms. The number of hydrogen-bond acceptors (Lipinski definition) is 4. The van der Waals surface area contributed by atoms with Gasteiger partial charge in [-0.25, -0.2) is 0 Å². The van der Waals surface area contributed by atoms with Crippen LogP contribution in [0.2, 0.25) is 0 Å². The van der Waals surface area contributed by atoms with Crippen LogP contribution in [-0.2, 0) is 9.53 Å². The average Bonchev–Trinajstić information content (AvgIpc) is 2.29. The maximum atomic E-state index is 11.8. The van der Waals surface area contributed by atoms with Crippen molar-refractivity contribution in [2.24, 2.45) is 0 Å². The molecule has 0 aromatic heterocycles. The summed E-state index contributed by atoms with van der Waals surface area (Å²) in [6, 6.07) is 6.48. The molecule has 0 heterocycles. The van der Waals surface area contributed by atoms with Crippen LogP contribution in [0.15, 0.2) is 24.3 Å². The molecule has 0 saturated heterocycles. The van der Waals surface area contributed by atoms with Gasteiger partial charge in [0.1, 0.15) is 0 Å². The highest BCUT2D eigenvalue weighted by Crippen LogP contribution is 2.10. The zero-order chi connectivity index (χ0) is 12.8. The molecule has 0 fully saturated rings. The van der Waals surface area contributed by atoms with E-state index in [2.05, 4.69) is 10.1 Å². The second kappa shape index (κ2) is 7.55. The molecule has 0 aliphatic rings. The summed E-state index contributed by atoms with van der Waals surface area (Å²) >= 11 is 0. The lowest BCUT2D eigenvalue weighted by atomic mass is 10.1. The Morgan fingerprint density at radius 1 is 1.39 bits per heavy atom. The van der Waals surface area contributed by atoms with Crippen molar-refractivity contribution in [2.75, 3.05) is 12.8 Å². The SMILES string of the molecule is COC(=O)CC(C)NC(=O)c1ccccc1N.Cl. The van der Waals surface area contributed by atoms with E-state index in [0.29, 0.717) is 11.3 Å². The fourth-order valence-corrected chi connectivity index (χ4v) is 1.39. The number of anilines is 1. The number of nitrogen functional groups attached to an aromatic ring is 1. The lowest BCUT2D eigenvalue weighted by molar-refractivity contribution is -0.141. The van der Waals surface area contributed by atoms with Crippen LogP contribution in [0.4, 0.5) is 5.69 Å². The predicted octanol–water partition coefficient (Wildman–Crippen LogP) is 1.37. The van der Waals surface area contributed by atoms with Crippen molar-refractivity contribution in [1.29, 1.82) is 0 Å². The molecule has 6 heteroatoms. The van der Waals surface area contributed by atoms with E-state index >= 15 is 0 Å². The van der Waals surface area contributed by atoms with Gasteiger partial charge < -0.3 is 15.8 Å². The summed E-state index contributed by atoms with van der Waals surface area (Å²) in [6.45, 7) is 1.73. The molecule has 1 unspecified atom stereocenters. The largest absolute Gasteiger partial charge is 0.469 e. The van der Waals surface area contributed by atoms with Crippen molar-refractivity contribution in [2.45, 2.75) is 19.4 Å². The Hall–Kier alpha value is -1.75. The van der Waals surface area contributed by atoms with Crippen LogP contribution in [-0.4, -0.2) is 25.0 Å². The highest BCUT2D eigenvalue weighted by Gasteiger charge is 2.14. The van der Waals surface area contributed by atoms with E-state index in [9.17, 15) is 9.59 Å². The number of methoxy groups -OCH3 is 1. The van der Waals surface area contributed by atoms with Crippen LogP contribution in [0.25, 0.3) is 0 Å². The standard InChI is InChI=1S/C12H16N2O3.ClH/c1-8(7-11(15)17-2)14-12(16)9-5-3-4-6-10(9)13;/h3-6,8H,7,13H2,1-2H3,(H,14,16);1H. The maximum absolute atomic E-state index is 11.8. The van der Waals surface area contributed by atoms with Crippen molar-refractivity contribution < 1.29 is 14.3 Å². The van der Waals surface area contributed by atoms with Crippen LogP contribution in [0.1, 0.15) is 23.7 Å². The fourth-order valence-electron chi connectivity index (χ4n) is 1.39. The van der Waals surface area contributed by atoms with E-state index in [1.807, 2.05) is 0 Å². The lowest BCUT2D eigenvalue weighted by Gasteiger charge is -2.13. The van der Waals surface area contributed by atoms with Gasteiger partial charge in [-0.2, -0.15) is 0 Å². The van der Waals surface area contributed by atoms with Crippen LogP contribution in [0, 0.1) is 0 Å². The first-order valence-corrected chi connectivity index (χ1v) is 5.26. The van der Waals surface area contributed by atoms with Crippen molar-refractivity contribution in [1.82, 2.24) is 5.32 Å². The van der Waals surface area contributed by atoms with E-state index < -0.39 is 0 Å². The van der Waals surface area contributed by atoms with Gasteiger partial charge in [0.2, 0.25) is 0 Å². The number of rotatable bonds is 4. The number of nitrogens with two attached hydrogens (primary N) is 1. The second-order valence-electron chi connectivity index (χ2n) is 3.74. The van der Waals surface area contributed by atoms with Gasteiger partial charge in [0.25, 0.3) is 5.91 Å². The quantitative estimate of drug-likeness (QED) is 0.641. The second-order valence-corrected chi connectivity index (χ2v) is 3.74. The number of esters is 1. The Labute approximate surface area is 112 Å². The first kappa shape index (κ1) is 16.2. The number of carbonyl (C=O) groups excluding carboxylic acids is 2. The normalized spacial score (nSPS) is 11.0. The summed E-state index contributed by atoms with van der Waals surface area (Å²) < 4.78 is 4.52. The number of nitrogens with one attached hydrogen (secondary N) is 1. The highest BCUT2D eigenvalue weighted by molar-refractivity contribution is 5.99. The molecule has 1 amide bonds. The van der Waals surface area contributed by atoms with Crippen LogP contribution >= 0.6 is 12.4 Å². The molecule has 100 valence electrons. The van der Waals surface area contributed by atoms with E-state index in [1.165, 1.54) is 7.11 Å². The molecule has 1 aromatic carbocycles. The third kappa shape index (κ3) is 4.63. The molecule has 1 rings (SSSR count). The monoisotopic (exact) mass is 272 g/mol. The van der Waals surface area contributed by atoms with E-state index in [-0.39, 0.29) is 36.7 Å². The molecule has 1 atom stereocenters. The zero-order valence-electron chi connectivity index (χ0n) is 10.3. The van der Waals surface area contributed by atoms with Gasteiger partial charge in [0, 0.05) is 11.7 Å². The minimum atomic E-state index is -0.362. The highest BCUT2D eigenvalue weighted by atomic mass is 35.5. The Bertz CT molecular complexity index is 424. The third-order valence-corrected chi connectivity index (χ3v) is 2.28. The summed E-state index contributed by atoms with van der Waals surface area (Å²) in [5.74, 6) is -0.654. The van der Waals surface area contributed by atoms with Crippen molar-refractivity contribution in [3.8, 4) is 0 Å². The van der Waals surface area contributed by atoms with Gasteiger partial charge in [-0.3, -0.25) is 9.59 Å². The molecular formula is C12H17ClN2O3. The van der Waals surface area contributed by atoms with E-state index in [4.69, 9.17) is 5.73 Å². The first-order chi connectivity index (χ1) is 8.04. The summed E-state index contributed by atoms with van der Waals surface area (Å²) in [5.41, 5.74) is 6.49. The Balaban J connectivity index is 0.00000289. The molecule has 0 spiro atoms. The Morgan fingerprint density at radius 2 is 2.00 bits per heavy atom. The number of benzene rings is 1. The van der Waals surface area contributed by atoms with Crippen LogP contribution in [0.5, 0.6) is 0 Å². The predicted molar refractivity (Wildman–Crippen MR) is 71.7 cm³/mol. The molecule has 3 N–H and O–H groups in total. The molecular weight excluding hydrogens is 256 g/mol. The average molecular weight is 273 g/mol. The van der Waals surface area contributed by atoms with Crippen molar-refractivity contribution in [3.05, 3.63) is 29.8 Å². The molecule has 0 aliphatic heterocycles. The molecule has 1 aromatic rings. The van der Waals surface area contributed by atoms with Gasteiger partial charge in [-0.1, -0.05) is 12.1 Å². The van der Waals surface area contributed by atoms with E-state index in [0.717, 1.165) is 0 Å². The molecule has 0 radical (unpaired) electrons. The summed E-state index contributed by atoms with van der Waals surface area (Å²) in [7, 11) is 1.31. The Morgan fingerprint density at radius 3 is 2.56 bits per heavy atom.